The predicted molar refractivity (Wildman–Crippen MR) is 323 cm³/mol. The van der Waals surface area contributed by atoms with Gasteiger partial charge in [-0.25, -0.2) is 14.8 Å². The summed E-state index contributed by atoms with van der Waals surface area (Å²) < 4.78 is 71.5. The molecule has 0 aromatic carbocycles. The van der Waals surface area contributed by atoms with Crippen molar-refractivity contribution in [2.45, 2.75) is 250 Å². The van der Waals surface area contributed by atoms with Crippen LogP contribution in [0.4, 0.5) is 0 Å². The second-order valence-electron chi connectivity index (χ2n) is 26.0. The molecule has 0 unspecified atom stereocenters. The summed E-state index contributed by atoms with van der Waals surface area (Å²) >= 11 is 0. The van der Waals surface area contributed by atoms with Gasteiger partial charge in [0.25, 0.3) is 0 Å². The number of rotatable bonds is 16. The van der Waals surface area contributed by atoms with Gasteiger partial charge in [-0.15, -0.1) is 11.5 Å². The Hall–Kier alpha value is -4.00. The molecule has 7 rings (SSSR count). The number of hydrogen-bond acceptors (Lipinski definition) is 14. The van der Waals surface area contributed by atoms with Gasteiger partial charge in [-0.05, 0) is 87.2 Å². The van der Waals surface area contributed by atoms with Gasteiger partial charge in [0.15, 0.2) is 5.89 Å². The van der Waals surface area contributed by atoms with Gasteiger partial charge in [-0.2, -0.15) is 0 Å². The van der Waals surface area contributed by atoms with Crippen LogP contribution in [-0.4, -0.2) is 120 Å². The fourth-order valence-corrected chi connectivity index (χ4v) is 19.3. The molecule has 0 aliphatic carbocycles. The van der Waals surface area contributed by atoms with E-state index in [-0.39, 0.29) is 60.7 Å². The van der Waals surface area contributed by atoms with Crippen LogP contribution in [0.5, 0.6) is 0 Å². The zero-order valence-electron chi connectivity index (χ0n) is 51.8. The number of methoxy groups -OCH3 is 2. The lowest BCUT2D eigenvalue weighted by atomic mass is 9.79. The number of fused-ring (bicyclic) bond motifs is 9. The molecule has 4 fully saturated rings. The molecule has 5 aliphatic rings. The van der Waals surface area contributed by atoms with Crippen LogP contribution < -0.4 is 0 Å². The minimum absolute atomic E-state index is 0.0497. The molecule has 5 aliphatic heterocycles. The predicted octanol–water partition coefficient (Wildman–Crippen LogP) is 14.2. The Kier molecular flexibility index (Phi) is 22.9. The Morgan fingerprint density at radius 1 is 0.901 bits per heavy atom. The maximum Gasteiger partial charge on any atom is 0.330 e. The van der Waals surface area contributed by atoms with E-state index in [9.17, 15) is 4.79 Å². The van der Waals surface area contributed by atoms with Crippen molar-refractivity contribution in [1.29, 1.82) is 0 Å². The van der Waals surface area contributed by atoms with Crippen LogP contribution in [-0.2, 0) is 53.5 Å². The molecule has 0 N–H and O–H groups in total. The van der Waals surface area contributed by atoms with E-state index < -0.39 is 46.5 Å². The smallest absolute Gasteiger partial charge is 0.330 e. The van der Waals surface area contributed by atoms with Crippen molar-refractivity contribution in [2.75, 3.05) is 20.8 Å². The van der Waals surface area contributed by atoms with E-state index in [0.29, 0.717) is 91.3 Å². The highest BCUT2D eigenvalue weighted by Crippen LogP contribution is 2.46. The molecular formula is C65H98N2O12Si2. The number of oxazole rings is 2. The molecule has 14 nitrogen and oxygen atoms in total. The molecule has 14 atom stereocenters. The quantitative estimate of drug-likeness (QED) is 0.0515. The average Bonchev–Trinajstić information content (AvgIpc) is 4.20. The van der Waals surface area contributed by atoms with Crippen molar-refractivity contribution < 1.29 is 55.9 Å². The number of esters is 1. The highest BCUT2D eigenvalue weighted by Gasteiger charge is 2.50. The molecule has 8 bridgehead atoms. The van der Waals surface area contributed by atoms with E-state index in [4.69, 9.17) is 61.1 Å². The number of aromatic nitrogens is 2. The molecule has 0 amide bonds. The van der Waals surface area contributed by atoms with Crippen LogP contribution in [0.1, 0.15) is 163 Å². The molecule has 0 spiro atoms. The Labute approximate surface area is 487 Å². The number of carbonyl (C=O) groups excluding carboxylic acids is 1. The van der Waals surface area contributed by atoms with Crippen molar-refractivity contribution in [3.63, 3.8) is 0 Å². The maximum atomic E-state index is 13.7. The number of hydrogen-bond donors (Lipinski definition) is 0. The standard InChI is InChI=1S/C65H98N2O12Si2/c1-41(2)81(42(3)4,43(5)6)79-58(33-44(7)26-27-50(69-13)22-20-30-80(15,16)17)57-36-54(70-14)37-65(12,78-57)38-60-66-49(39-72-60)34-46(9)62-48(11)63-47(10)56(76-62)23-19-24-59-67-55(40-73-59)64-71-29-28-52(75-64)35-53-32-45(8)31-51(74-53)21-18-25-61(68)77-63/h18-19,24-27,33-34,39-43,47-48,50-54,56-58,62-64H,8,21-23,28-29,31-32,35-38H2,1-7,9-17H3/b24-19+,25-18-,27-26+,44-33+,46-34+/t47-,48-,50+,51-,52-,53+,54+,56+,57+,58+,62-,63-,64-,65-/m0/s1. The third-order valence-electron chi connectivity index (χ3n) is 17.0. The Balaban J connectivity index is 1.11. The Bertz CT molecular complexity index is 2590. The number of allylic oxidation sites excluding steroid dienone is 2. The third kappa shape index (κ3) is 17.6. The van der Waals surface area contributed by atoms with Gasteiger partial charge in [0.2, 0.25) is 20.5 Å². The van der Waals surface area contributed by atoms with Gasteiger partial charge in [0.05, 0.1) is 73.6 Å². The molecule has 4 saturated heterocycles. The SMILES string of the molecule is C=C1C[C@@H]2C[C@@H]3CCO[C@@H](O3)c3coc(n3)/C=C/C[C@H]3O[C@@H](/C(C)=C/c4coc(C[C@]5(C)C[C@H](OC)C[C@H]([C@@H](/C=C(C)/C=C/[C@@H](CC#C[Si](C)(C)C)OC)O[Si](C(C)C)(C(C)C)C(C)C)O5)n4)[C@H](C)[C@@H](OC(=O)/C=C\C[C@@H](C1)O2)[C@H]3C. The van der Waals surface area contributed by atoms with E-state index in [0.717, 1.165) is 36.0 Å². The summed E-state index contributed by atoms with van der Waals surface area (Å²) in [5.41, 5.74) is 8.27. The van der Waals surface area contributed by atoms with E-state index in [2.05, 4.69) is 125 Å². The number of nitrogens with zero attached hydrogens (tertiary/aromatic N) is 2. The molecule has 7 heterocycles. The lowest BCUT2D eigenvalue weighted by Crippen LogP contribution is -2.56. The molecule has 2 aromatic rings. The van der Waals surface area contributed by atoms with Crippen molar-refractivity contribution in [1.82, 2.24) is 9.97 Å². The number of ether oxygens (including phenoxy) is 8. The second-order valence-corrected chi connectivity index (χ2v) is 36.1. The summed E-state index contributed by atoms with van der Waals surface area (Å²) in [7, 11) is -0.372. The minimum atomic E-state index is -2.40. The van der Waals surface area contributed by atoms with E-state index >= 15 is 0 Å². The number of carbonyl (C=O) groups is 1. The van der Waals surface area contributed by atoms with Gasteiger partial charge in [0, 0.05) is 57.8 Å². The lowest BCUT2D eigenvalue weighted by Gasteiger charge is -2.49. The first-order chi connectivity index (χ1) is 38.4. The zero-order valence-corrected chi connectivity index (χ0v) is 53.8. The molecule has 16 heteroatoms. The topological polar surface area (TPSA) is 152 Å². The minimum Gasteiger partial charge on any atom is -0.458 e. The second kappa shape index (κ2) is 28.7. The van der Waals surface area contributed by atoms with Gasteiger partial charge in [0.1, 0.15) is 38.1 Å². The highest BCUT2D eigenvalue weighted by atomic mass is 28.4. The van der Waals surface area contributed by atoms with Crippen molar-refractivity contribution in [2.24, 2.45) is 11.8 Å². The summed E-state index contributed by atoms with van der Waals surface area (Å²) in [4.78, 5) is 23.5. The van der Waals surface area contributed by atoms with Crippen LogP contribution >= 0.6 is 0 Å². The monoisotopic (exact) mass is 1150 g/mol. The van der Waals surface area contributed by atoms with E-state index in [1.807, 2.05) is 31.2 Å². The van der Waals surface area contributed by atoms with Crippen LogP contribution in [0.3, 0.4) is 0 Å². The summed E-state index contributed by atoms with van der Waals surface area (Å²) in [5.74, 6) is 3.64. The highest BCUT2D eigenvalue weighted by molar-refractivity contribution is 6.83. The lowest BCUT2D eigenvalue weighted by molar-refractivity contribution is -0.227. The summed E-state index contributed by atoms with van der Waals surface area (Å²) in [5, 5.41) is 0. The van der Waals surface area contributed by atoms with Crippen LogP contribution in [0.15, 0.2) is 81.1 Å². The molecule has 2 aromatic heterocycles. The van der Waals surface area contributed by atoms with Gasteiger partial charge in [-0.3, -0.25) is 0 Å². The van der Waals surface area contributed by atoms with E-state index in [1.165, 1.54) is 0 Å². The summed E-state index contributed by atoms with van der Waals surface area (Å²) in [6, 6.07) is 0. The first-order valence-corrected chi connectivity index (χ1v) is 35.7. The Morgan fingerprint density at radius 3 is 2.33 bits per heavy atom. The fourth-order valence-electron chi connectivity index (χ4n) is 13.1. The first-order valence-electron chi connectivity index (χ1n) is 30.0. The molecule has 448 valence electrons. The largest absolute Gasteiger partial charge is 0.458 e. The van der Waals surface area contributed by atoms with Crippen molar-refractivity contribution >= 4 is 34.5 Å². The third-order valence-corrected chi connectivity index (χ3v) is 24.1. The summed E-state index contributed by atoms with van der Waals surface area (Å²) in [6.07, 6.45) is 22.6. The fraction of sp³-hybridized carbons (Fsp3) is 0.677. The van der Waals surface area contributed by atoms with Gasteiger partial charge < -0.3 is 51.2 Å². The normalized spacial score (nSPS) is 32.0. The molecular weight excluding hydrogens is 1060 g/mol. The Morgan fingerprint density at radius 2 is 1.63 bits per heavy atom. The molecule has 0 radical (unpaired) electrons. The van der Waals surface area contributed by atoms with Crippen LogP contribution in [0, 0.1) is 23.3 Å². The average molecular weight is 1160 g/mol. The first kappa shape index (κ1) is 64.6. The van der Waals surface area contributed by atoms with Crippen LogP contribution in [0.2, 0.25) is 36.3 Å². The van der Waals surface area contributed by atoms with Gasteiger partial charge in [-0.1, -0.05) is 123 Å². The molecule has 0 saturated carbocycles. The van der Waals surface area contributed by atoms with Crippen LogP contribution in [0.25, 0.3) is 12.2 Å². The van der Waals surface area contributed by atoms with E-state index in [1.54, 1.807) is 32.8 Å². The molecule has 81 heavy (non-hydrogen) atoms. The maximum absolute atomic E-state index is 13.7. The summed E-state index contributed by atoms with van der Waals surface area (Å²) in [6.45, 7) is 36.1. The van der Waals surface area contributed by atoms with Crippen molar-refractivity contribution in [3.05, 3.63) is 95.4 Å². The zero-order chi connectivity index (χ0) is 58.8. The van der Waals surface area contributed by atoms with Crippen molar-refractivity contribution in [3.8, 4) is 11.5 Å². The van der Waals surface area contributed by atoms with Gasteiger partial charge >= 0.3 is 5.97 Å².